The number of hydrogen-bond donors (Lipinski definition) is 2. The summed E-state index contributed by atoms with van der Waals surface area (Å²) in [5.74, 6) is -1.56. The fraction of sp³-hybridized carbons (Fsp3) is 0.308. The third-order valence-electron chi connectivity index (χ3n) is 2.89. The molecule has 2 rings (SSSR count). The first kappa shape index (κ1) is 13.9. The molecule has 0 saturated carbocycles. The number of nitrogens with zero attached hydrogens (tertiary/aromatic N) is 1. The molecule has 1 aromatic carbocycles. The molecule has 2 amide bonds. The van der Waals surface area contributed by atoms with Crippen molar-refractivity contribution in [2.45, 2.75) is 6.04 Å². The van der Waals surface area contributed by atoms with E-state index in [-0.39, 0.29) is 25.6 Å². The van der Waals surface area contributed by atoms with Crippen LogP contribution in [0.25, 0.3) is 0 Å². The van der Waals surface area contributed by atoms with Crippen molar-refractivity contribution >= 4 is 17.8 Å². The number of aliphatic carboxylic acids is 1. The maximum atomic E-state index is 12.0. The summed E-state index contributed by atoms with van der Waals surface area (Å²) in [5.41, 5.74) is 0. The molecule has 7 heteroatoms. The highest BCUT2D eigenvalue weighted by Crippen LogP contribution is 2.10. The zero-order valence-corrected chi connectivity index (χ0v) is 10.6. The smallest absolute Gasteiger partial charge is 0.328 e. The summed E-state index contributed by atoms with van der Waals surface area (Å²) in [6.45, 7) is -0.666. The summed E-state index contributed by atoms with van der Waals surface area (Å²) in [4.78, 5) is 35.4. The Kier molecular flexibility index (Phi) is 4.19. The summed E-state index contributed by atoms with van der Waals surface area (Å²) in [5, 5.41) is 11.5. The number of carboxylic acids is 1. The van der Waals surface area contributed by atoms with Crippen LogP contribution in [0.5, 0.6) is 5.75 Å². The van der Waals surface area contributed by atoms with Crippen LogP contribution in [-0.2, 0) is 14.4 Å². The number of carbonyl (C=O) groups is 3. The van der Waals surface area contributed by atoms with Gasteiger partial charge in [0.25, 0.3) is 5.91 Å². The van der Waals surface area contributed by atoms with Gasteiger partial charge in [-0.2, -0.15) is 0 Å². The lowest BCUT2D eigenvalue weighted by atomic mass is 10.2. The fourth-order valence-corrected chi connectivity index (χ4v) is 1.87. The van der Waals surface area contributed by atoms with Crippen LogP contribution in [0.1, 0.15) is 0 Å². The highest BCUT2D eigenvalue weighted by atomic mass is 16.5. The number of nitrogens with one attached hydrogen (secondary N) is 1. The molecule has 7 nitrogen and oxygen atoms in total. The molecule has 1 aromatic rings. The molecule has 1 atom stereocenters. The van der Waals surface area contributed by atoms with Gasteiger partial charge in [0.15, 0.2) is 6.61 Å². The van der Waals surface area contributed by atoms with Crippen molar-refractivity contribution in [1.82, 2.24) is 10.2 Å². The highest BCUT2D eigenvalue weighted by molar-refractivity contribution is 5.91. The Hall–Kier alpha value is -2.57. The van der Waals surface area contributed by atoms with Gasteiger partial charge in [0.1, 0.15) is 18.3 Å². The van der Waals surface area contributed by atoms with E-state index in [1.54, 1.807) is 24.3 Å². The molecule has 0 radical (unpaired) electrons. The summed E-state index contributed by atoms with van der Waals surface area (Å²) in [6, 6.07) is 7.64. The first-order valence-corrected chi connectivity index (χ1v) is 6.05. The second-order valence-corrected chi connectivity index (χ2v) is 4.28. The molecule has 0 spiro atoms. The molecule has 0 aromatic heterocycles. The van der Waals surface area contributed by atoms with E-state index in [0.717, 1.165) is 4.90 Å². The summed E-state index contributed by atoms with van der Waals surface area (Å²) in [6.07, 6.45) is 0. The molecular weight excluding hydrogens is 264 g/mol. The van der Waals surface area contributed by atoms with Gasteiger partial charge in [-0.15, -0.1) is 0 Å². The predicted molar refractivity (Wildman–Crippen MR) is 68.1 cm³/mol. The van der Waals surface area contributed by atoms with E-state index in [4.69, 9.17) is 9.84 Å². The summed E-state index contributed by atoms with van der Waals surface area (Å²) >= 11 is 0. The van der Waals surface area contributed by atoms with E-state index in [0.29, 0.717) is 5.75 Å². The Morgan fingerprint density at radius 1 is 1.35 bits per heavy atom. The zero-order chi connectivity index (χ0) is 14.5. The van der Waals surface area contributed by atoms with Crippen molar-refractivity contribution in [1.29, 1.82) is 0 Å². The van der Waals surface area contributed by atoms with Gasteiger partial charge in [0, 0.05) is 6.54 Å². The van der Waals surface area contributed by atoms with Crippen LogP contribution in [-0.4, -0.2) is 53.5 Å². The molecule has 1 aliphatic heterocycles. The molecule has 20 heavy (non-hydrogen) atoms. The van der Waals surface area contributed by atoms with Gasteiger partial charge in [0.05, 0.1) is 0 Å². The quantitative estimate of drug-likeness (QED) is 0.772. The van der Waals surface area contributed by atoms with Crippen LogP contribution in [0.15, 0.2) is 30.3 Å². The molecule has 0 bridgehead atoms. The summed E-state index contributed by atoms with van der Waals surface area (Å²) < 4.78 is 5.27. The number of ether oxygens (including phenoxy) is 1. The second-order valence-electron chi connectivity index (χ2n) is 4.28. The van der Waals surface area contributed by atoms with Crippen LogP contribution >= 0.6 is 0 Å². The fourth-order valence-electron chi connectivity index (χ4n) is 1.87. The van der Waals surface area contributed by atoms with Gasteiger partial charge in [-0.1, -0.05) is 18.2 Å². The third kappa shape index (κ3) is 3.25. The minimum Gasteiger partial charge on any atom is -0.484 e. The van der Waals surface area contributed by atoms with Crippen molar-refractivity contribution in [3.8, 4) is 5.75 Å². The number of hydrogen-bond acceptors (Lipinski definition) is 4. The van der Waals surface area contributed by atoms with Crippen LogP contribution in [0.4, 0.5) is 0 Å². The molecule has 1 saturated heterocycles. The molecule has 1 fully saturated rings. The van der Waals surface area contributed by atoms with E-state index < -0.39 is 17.9 Å². The lowest BCUT2D eigenvalue weighted by molar-refractivity contribution is -0.154. The van der Waals surface area contributed by atoms with Gasteiger partial charge in [-0.05, 0) is 12.1 Å². The maximum absolute atomic E-state index is 12.0. The average Bonchev–Trinajstić information content (AvgIpc) is 2.45. The minimum atomic E-state index is -1.15. The van der Waals surface area contributed by atoms with E-state index in [1.807, 2.05) is 6.07 Å². The lowest BCUT2D eigenvalue weighted by Crippen LogP contribution is -2.60. The lowest BCUT2D eigenvalue weighted by Gasteiger charge is -2.32. The monoisotopic (exact) mass is 278 g/mol. The Morgan fingerprint density at radius 2 is 2.05 bits per heavy atom. The molecule has 1 heterocycles. The number of benzene rings is 1. The Bertz CT molecular complexity index is 517. The third-order valence-corrected chi connectivity index (χ3v) is 2.89. The number of amides is 2. The number of carboxylic acid groups (broad SMARTS) is 1. The largest absolute Gasteiger partial charge is 0.484 e. The predicted octanol–water partition coefficient (Wildman–Crippen LogP) is -0.523. The molecule has 1 aliphatic rings. The topological polar surface area (TPSA) is 95.9 Å². The average molecular weight is 278 g/mol. The van der Waals surface area contributed by atoms with E-state index in [1.165, 1.54) is 0 Å². The van der Waals surface area contributed by atoms with Crippen LogP contribution in [0, 0.1) is 0 Å². The van der Waals surface area contributed by atoms with E-state index >= 15 is 0 Å². The van der Waals surface area contributed by atoms with Gasteiger partial charge < -0.3 is 20.1 Å². The Labute approximate surface area is 115 Å². The van der Waals surface area contributed by atoms with Crippen molar-refractivity contribution in [3.63, 3.8) is 0 Å². The summed E-state index contributed by atoms with van der Waals surface area (Å²) in [7, 11) is 0. The molecule has 106 valence electrons. The molecule has 1 unspecified atom stereocenters. The van der Waals surface area contributed by atoms with Gasteiger partial charge in [0.2, 0.25) is 5.91 Å². The van der Waals surface area contributed by atoms with E-state index in [2.05, 4.69) is 5.32 Å². The zero-order valence-electron chi connectivity index (χ0n) is 10.6. The van der Waals surface area contributed by atoms with Crippen molar-refractivity contribution in [2.24, 2.45) is 0 Å². The second kappa shape index (κ2) is 6.05. The van der Waals surface area contributed by atoms with Crippen molar-refractivity contribution in [3.05, 3.63) is 30.3 Å². The van der Waals surface area contributed by atoms with Crippen molar-refractivity contribution in [2.75, 3.05) is 19.7 Å². The van der Waals surface area contributed by atoms with Crippen LogP contribution in [0.2, 0.25) is 0 Å². The van der Waals surface area contributed by atoms with Crippen molar-refractivity contribution < 1.29 is 24.2 Å². The number of carbonyl (C=O) groups excluding carboxylic acids is 2. The highest BCUT2D eigenvalue weighted by Gasteiger charge is 2.35. The van der Waals surface area contributed by atoms with Gasteiger partial charge in [-0.3, -0.25) is 9.59 Å². The number of para-hydroxylation sites is 1. The molecular formula is C13H14N2O5. The molecule has 0 aliphatic carbocycles. The first-order valence-electron chi connectivity index (χ1n) is 6.05. The van der Waals surface area contributed by atoms with Crippen LogP contribution < -0.4 is 10.1 Å². The Morgan fingerprint density at radius 3 is 2.70 bits per heavy atom. The minimum absolute atomic E-state index is 0.0920. The maximum Gasteiger partial charge on any atom is 0.328 e. The van der Waals surface area contributed by atoms with E-state index in [9.17, 15) is 14.4 Å². The normalized spacial score (nSPS) is 18.3. The molecule has 2 N–H and O–H groups in total. The standard InChI is InChI=1S/C13H14N2O5/c16-11-7-15(10(6-14-11)13(18)19)12(17)8-20-9-4-2-1-3-5-9/h1-5,10H,6-8H2,(H,14,16)(H,18,19). The first-order chi connectivity index (χ1) is 9.58. The van der Waals surface area contributed by atoms with Gasteiger partial charge >= 0.3 is 5.97 Å². The number of rotatable bonds is 4. The Balaban J connectivity index is 1.98. The number of piperazine rings is 1. The van der Waals surface area contributed by atoms with Crippen LogP contribution in [0.3, 0.4) is 0 Å². The van der Waals surface area contributed by atoms with Gasteiger partial charge in [-0.25, -0.2) is 4.79 Å². The SMILES string of the molecule is O=C1CN(C(=O)COc2ccccc2)C(C(=O)O)CN1.